The van der Waals surface area contributed by atoms with Gasteiger partial charge in [0, 0.05) is 0 Å². The Morgan fingerprint density at radius 2 is 1.23 bits per heavy atom. The Hall–Kier alpha value is -3.44. The molecule has 30 heavy (non-hydrogen) atoms. The van der Waals surface area contributed by atoms with Crippen molar-refractivity contribution in [2.45, 2.75) is 25.0 Å². The fourth-order valence-electron chi connectivity index (χ4n) is 3.36. The number of rotatable bonds is 8. The highest BCUT2D eigenvalue weighted by Gasteiger charge is 2.34. The summed E-state index contributed by atoms with van der Waals surface area (Å²) in [5.74, 6) is -1.70. The van der Waals surface area contributed by atoms with E-state index < -0.39 is 24.0 Å². The molecule has 2 unspecified atom stereocenters. The molecule has 0 spiro atoms. The standard InChI is InChI=1S/C25H25NO4/c1-2-30-25(29)22(23(27)20-16-10-5-11-17-20)26-24(28)21(18-12-6-3-7-13-18)19-14-8-4-9-15-19/h3-17,21-23,27H,2H2,1H3,(H,26,28). The van der Waals surface area contributed by atoms with Crippen molar-refractivity contribution in [3.05, 3.63) is 108 Å². The van der Waals surface area contributed by atoms with Crippen molar-refractivity contribution in [1.29, 1.82) is 0 Å². The third kappa shape index (κ3) is 5.13. The molecule has 0 aliphatic rings. The molecule has 154 valence electrons. The number of aliphatic hydroxyl groups excluding tert-OH is 1. The lowest BCUT2D eigenvalue weighted by atomic mass is 9.90. The summed E-state index contributed by atoms with van der Waals surface area (Å²) in [4.78, 5) is 26.0. The fourth-order valence-corrected chi connectivity index (χ4v) is 3.36. The molecule has 0 bridgehead atoms. The molecule has 0 saturated heterocycles. The normalized spacial score (nSPS) is 12.8. The smallest absolute Gasteiger partial charge is 0.331 e. The Labute approximate surface area is 176 Å². The van der Waals surface area contributed by atoms with E-state index in [1.54, 1.807) is 31.2 Å². The van der Waals surface area contributed by atoms with Crippen molar-refractivity contribution in [2.24, 2.45) is 0 Å². The van der Waals surface area contributed by atoms with Gasteiger partial charge in [-0.25, -0.2) is 4.79 Å². The Balaban J connectivity index is 1.93. The van der Waals surface area contributed by atoms with Crippen LogP contribution >= 0.6 is 0 Å². The van der Waals surface area contributed by atoms with Gasteiger partial charge in [-0.15, -0.1) is 0 Å². The minimum atomic E-state index is -1.23. The van der Waals surface area contributed by atoms with Gasteiger partial charge in [0.15, 0.2) is 6.04 Å². The van der Waals surface area contributed by atoms with Crippen LogP contribution in [0.5, 0.6) is 0 Å². The van der Waals surface area contributed by atoms with E-state index in [0.717, 1.165) is 11.1 Å². The number of esters is 1. The number of carbonyl (C=O) groups excluding carboxylic acids is 2. The van der Waals surface area contributed by atoms with E-state index in [4.69, 9.17) is 4.74 Å². The molecule has 3 rings (SSSR count). The first-order chi connectivity index (χ1) is 14.6. The molecule has 0 saturated carbocycles. The van der Waals surface area contributed by atoms with Crippen molar-refractivity contribution in [1.82, 2.24) is 5.32 Å². The van der Waals surface area contributed by atoms with E-state index in [2.05, 4.69) is 5.32 Å². The van der Waals surface area contributed by atoms with Gasteiger partial charge in [-0.2, -0.15) is 0 Å². The number of benzene rings is 3. The highest BCUT2D eigenvalue weighted by Crippen LogP contribution is 2.26. The van der Waals surface area contributed by atoms with Gasteiger partial charge < -0.3 is 15.2 Å². The van der Waals surface area contributed by atoms with Crippen molar-refractivity contribution in [2.75, 3.05) is 6.61 Å². The minimum Gasteiger partial charge on any atom is -0.464 e. The van der Waals surface area contributed by atoms with Crippen LogP contribution in [0, 0.1) is 0 Å². The average Bonchev–Trinajstić information content (AvgIpc) is 2.79. The molecule has 0 aromatic heterocycles. The zero-order chi connectivity index (χ0) is 21.3. The number of carbonyl (C=O) groups is 2. The predicted molar refractivity (Wildman–Crippen MR) is 115 cm³/mol. The molecule has 2 N–H and O–H groups in total. The van der Waals surface area contributed by atoms with E-state index in [-0.39, 0.29) is 12.5 Å². The third-order valence-electron chi connectivity index (χ3n) is 4.82. The van der Waals surface area contributed by atoms with Crippen molar-refractivity contribution in [3.63, 3.8) is 0 Å². The number of hydrogen-bond donors (Lipinski definition) is 2. The van der Waals surface area contributed by atoms with Crippen LogP contribution in [0.1, 0.15) is 35.6 Å². The molecule has 5 heteroatoms. The van der Waals surface area contributed by atoms with E-state index in [9.17, 15) is 14.7 Å². The first-order valence-corrected chi connectivity index (χ1v) is 9.91. The molecular weight excluding hydrogens is 378 g/mol. The number of aliphatic hydroxyl groups is 1. The summed E-state index contributed by atoms with van der Waals surface area (Å²) in [6.07, 6.45) is -1.23. The third-order valence-corrected chi connectivity index (χ3v) is 4.82. The molecule has 5 nitrogen and oxygen atoms in total. The SMILES string of the molecule is CCOC(=O)C(NC(=O)C(c1ccccc1)c1ccccc1)C(O)c1ccccc1. The van der Waals surface area contributed by atoms with Gasteiger partial charge >= 0.3 is 5.97 Å². The summed E-state index contributed by atoms with van der Waals surface area (Å²) in [7, 11) is 0. The molecule has 0 fully saturated rings. The second kappa shape index (κ2) is 10.4. The minimum absolute atomic E-state index is 0.146. The van der Waals surface area contributed by atoms with E-state index in [1.165, 1.54) is 0 Å². The summed E-state index contributed by atoms with van der Waals surface area (Å²) in [5.41, 5.74) is 2.10. The lowest BCUT2D eigenvalue weighted by Crippen LogP contribution is -2.47. The molecule has 0 aliphatic carbocycles. The first kappa shape index (κ1) is 21.3. The lowest BCUT2D eigenvalue weighted by molar-refractivity contribution is -0.151. The van der Waals surface area contributed by atoms with Gasteiger partial charge in [0.25, 0.3) is 0 Å². The van der Waals surface area contributed by atoms with Crippen LogP contribution in [0.25, 0.3) is 0 Å². The second-order valence-corrected chi connectivity index (χ2v) is 6.85. The van der Waals surface area contributed by atoms with Gasteiger partial charge in [-0.3, -0.25) is 4.79 Å². The predicted octanol–water partition coefficient (Wildman–Crippen LogP) is 3.60. The van der Waals surface area contributed by atoms with Crippen LogP contribution in [0.4, 0.5) is 0 Å². The maximum Gasteiger partial charge on any atom is 0.331 e. The number of hydrogen-bond acceptors (Lipinski definition) is 4. The van der Waals surface area contributed by atoms with Crippen molar-refractivity contribution in [3.8, 4) is 0 Å². The number of ether oxygens (including phenoxy) is 1. The van der Waals surface area contributed by atoms with E-state index in [0.29, 0.717) is 5.56 Å². The Bertz CT molecular complexity index is 905. The maximum absolute atomic E-state index is 13.4. The quantitative estimate of drug-likeness (QED) is 0.564. The van der Waals surface area contributed by atoms with E-state index >= 15 is 0 Å². The van der Waals surface area contributed by atoms with Crippen LogP contribution in [0.3, 0.4) is 0 Å². The Morgan fingerprint density at radius 1 is 0.800 bits per heavy atom. The van der Waals surface area contributed by atoms with Gasteiger partial charge in [0.1, 0.15) is 6.10 Å². The van der Waals surface area contributed by atoms with Crippen LogP contribution in [0.15, 0.2) is 91.0 Å². The Morgan fingerprint density at radius 3 is 1.67 bits per heavy atom. The first-order valence-electron chi connectivity index (χ1n) is 9.91. The van der Waals surface area contributed by atoms with Gasteiger partial charge in [0.2, 0.25) is 5.91 Å². The molecule has 1 amide bonds. The summed E-state index contributed by atoms with van der Waals surface area (Å²) in [6.45, 7) is 1.83. The summed E-state index contributed by atoms with van der Waals surface area (Å²) in [6, 6.07) is 26.2. The molecule has 2 atom stereocenters. The lowest BCUT2D eigenvalue weighted by Gasteiger charge is -2.26. The van der Waals surface area contributed by atoms with Crippen molar-refractivity contribution < 1.29 is 19.4 Å². The molecule has 3 aromatic carbocycles. The highest BCUT2D eigenvalue weighted by molar-refractivity contribution is 5.91. The van der Waals surface area contributed by atoms with Crippen LogP contribution in [-0.2, 0) is 14.3 Å². The maximum atomic E-state index is 13.4. The highest BCUT2D eigenvalue weighted by atomic mass is 16.5. The fraction of sp³-hybridized carbons (Fsp3) is 0.200. The molecule has 0 aliphatic heterocycles. The zero-order valence-electron chi connectivity index (χ0n) is 16.8. The monoisotopic (exact) mass is 403 g/mol. The zero-order valence-corrected chi connectivity index (χ0v) is 16.8. The number of amides is 1. The molecule has 0 radical (unpaired) electrons. The van der Waals surface area contributed by atoms with E-state index in [1.807, 2.05) is 66.7 Å². The molecule has 0 heterocycles. The average molecular weight is 403 g/mol. The molecular formula is C25H25NO4. The van der Waals surface area contributed by atoms with Crippen molar-refractivity contribution >= 4 is 11.9 Å². The number of nitrogens with one attached hydrogen (secondary N) is 1. The topological polar surface area (TPSA) is 75.6 Å². The largest absolute Gasteiger partial charge is 0.464 e. The summed E-state index contributed by atoms with van der Waals surface area (Å²) < 4.78 is 5.13. The van der Waals surface area contributed by atoms with Crippen LogP contribution < -0.4 is 5.32 Å². The van der Waals surface area contributed by atoms with Crippen LogP contribution in [-0.4, -0.2) is 29.6 Å². The second-order valence-electron chi connectivity index (χ2n) is 6.85. The van der Waals surface area contributed by atoms with Gasteiger partial charge in [-0.1, -0.05) is 91.0 Å². The summed E-state index contributed by atoms with van der Waals surface area (Å²) in [5, 5.41) is 13.6. The van der Waals surface area contributed by atoms with Gasteiger partial charge in [0.05, 0.1) is 12.5 Å². The molecule has 3 aromatic rings. The Kier molecular flexibility index (Phi) is 7.35. The summed E-state index contributed by atoms with van der Waals surface area (Å²) >= 11 is 0. The van der Waals surface area contributed by atoms with Crippen LogP contribution in [0.2, 0.25) is 0 Å². The van der Waals surface area contributed by atoms with Gasteiger partial charge in [-0.05, 0) is 23.6 Å².